The van der Waals surface area contributed by atoms with Gasteiger partial charge in [0.15, 0.2) is 26.0 Å². The normalized spacial score (nSPS) is 25.0. The number of imidazole rings is 1. The second-order valence-electron chi connectivity index (χ2n) is 8.29. The minimum atomic E-state index is -1.92. The summed E-state index contributed by atoms with van der Waals surface area (Å²) in [6, 6.07) is 0. The maximum absolute atomic E-state index is 6.70. The fourth-order valence-corrected chi connectivity index (χ4v) is 4.26. The molecule has 2 N–H and O–H groups in total. The van der Waals surface area contributed by atoms with Crippen LogP contribution in [0, 0.1) is 0 Å². The van der Waals surface area contributed by atoms with Crippen LogP contribution in [0.5, 0.6) is 0 Å². The molecule has 2 aromatic rings. The number of aromatic nitrogens is 4. The van der Waals surface area contributed by atoms with Crippen LogP contribution >= 0.6 is 0 Å². The summed E-state index contributed by atoms with van der Waals surface area (Å²) in [6.45, 7) is 13.4. The number of nitrogen functional groups attached to an aromatic ring is 1. The van der Waals surface area contributed by atoms with Crippen LogP contribution in [0.15, 0.2) is 12.7 Å². The van der Waals surface area contributed by atoms with E-state index >= 15 is 0 Å². The number of ether oxygens (including phenoxy) is 1. The van der Waals surface area contributed by atoms with E-state index in [0.29, 0.717) is 17.0 Å². The fourth-order valence-electron chi connectivity index (χ4n) is 2.94. The largest absolute Gasteiger partial charge is 0.409 e. The van der Waals surface area contributed by atoms with E-state index in [2.05, 4.69) is 55.7 Å². The van der Waals surface area contributed by atoms with E-state index in [-0.39, 0.29) is 23.5 Å². The molecule has 0 amide bonds. The van der Waals surface area contributed by atoms with E-state index in [4.69, 9.17) is 14.9 Å². The first kappa shape index (κ1) is 18.3. The lowest BCUT2D eigenvalue weighted by Gasteiger charge is -2.39. The van der Waals surface area contributed by atoms with E-state index in [0.717, 1.165) is 12.8 Å². The topological polar surface area (TPSA) is 88.1 Å². The van der Waals surface area contributed by atoms with Crippen molar-refractivity contribution in [3.63, 3.8) is 0 Å². The van der Waals surface area contributed by atoms with Gasteiger partial charge in [0.2, 0.25) is 0 Å². The Hall–Kier alpha value is -1.51. The molecule has 1 saturated heterocycles. The SMILES string of the molecule is CC[C@@H]1CC(O[Si](C)(C)C(C)(C)C)[C@H](n2cnc3c(N)ncnc32)O1. The minimum absolute atomic E-state index is 0.0144. The molecule has 1 fully saturated rings. The van der Waals surface area contributed by atoms with E-state index < -0.39 is 8.32 Å². The molecule has 3 heterocycles. The Bertz CT molecular complexity index is 755. The van der Waals surface area contributed by atoms with Crippen molar-refractivity contribution in [2.75, 3.05) is 5.73 Å². The summed E-state index contributed by atoms with van der Waals surface area (Å²) in [7, 11) is -1.92. The van der Waals surface area contributed by atoms with E-state index in [1.165, 1.54) is 6.33 Å². The molecule has 7 nitrogen and oxygen atoms in total. The number of nitrogens with zero attached hydrogens (tertiary/aromatic N) is 4. The van der Waals surface area contributed by atoms with Gasteiger partial charge in [0.05, 0.1) is 18.5 Å². The molecule has 0 saturated carbocycles. The maximum Gasteiger partial charge on any atom is 0.192 e. The van der Waals surface area contributed by atoms with Crippen molar-refractivity contribution in [2.45, 2.75) is 77.1 Å². The molecule has 8 heteroatoms. The van der Waals surface area contributed by atoms with E-state index in [9.17, 15) is 0 Å². The van der Waals surface area contributed by atoms with Gasteiger partial charge in [-0.1, -0.05) is 27.7 Å². The first-order valence-corrected chi connectivity index (χ1v) is 11.8. The number of fused-ring (bicyclic) bond motifs is 1. The monoisotopic (exact) mass is 363 g/mol. The zero-order valence-corrected chi connectivity index (χ0v) is 17.0. The fraction of sp³-hybridized carbons (Fsp3) is 0.706. The lowest BCUT2D eigenvalue weighted by Crippen LogP contribution is -2.45. The molecule has 138 valence electrons. The van der Waals surface area contributed by atoms with Crippen LogP contribution in [-0.2, 0) is 9.16 Å². The smallest absolute Gasteiger partial charge is 0.192 e. The molecule has 1 aliphatic heterocycles. The van der Waals surface area contributed by atoms with Crippen LogP contribution in [0.2, 0.25) is 18.1 Å². The van der Waals surface area contributed by atoms with Gasteiger partial charge in [-0.05, 0) is 24.6 Å². The molecule has 25 heavy (non-hydrogen) atoms. The highest BCUT2D eigenvalue weighted by atomic mass is 28.4. The molecule has 3 atom stereocenters. The van der Waals surface area contributed by atoms with Gasteiger partial charge in [0.25, 0.3) is 0 Å². The maximum atomic E-state index is 6.70. The van der Waals surface area contributed by atoms with Crippen LogP contribution < -0.4 is 5.73 Å². The van der Waals surface area contributed by atoms with Gasteiger partial charge in [0.1, 0.15) is 11.8 Å². The Morgan fingerprint density at radius 1 is 1.32 bits per heavy atom. The van der Waals surface area contributed by atoms with Gasteiger partial charge in [-0.3, -0.25) is 4.57 Å². The lowest BCUT2D eigenvalue weighted by molar-refractivity contribution is -0.0320. The number of hydrogen-bond acceptors (Lipinski definition) is 6. The first-order chi connectivity index (χ1) is 11.6. The first-order valence-electron chi connectivity index (χ1n) is 8.90. The summed E-state index contributed by atoms with van der Waals surface area (Å²) in [4.78, 5) is 12.8. The highest BCUT2D eigenvalue weighted by molar-refractivity contribution is 6.74. The summed E-state index contributed by atoms with van der Waals surface area (Å²) >= 11 is 0. The van der Waals surface area contributed by atoms with Gasteiger partial charge in [-0.2, -0.15) is 0 Å². The Balaban J connectivity index is 1.96. The van der Waals surface area contributed by atoms with Gasteiger partial charge in [0, 0.05) is 6.42 Å². The molecule has 0 radical (unpaired) electrons. The molecule has 3 rings (SSSR count). The highest BCUT2D eigenvalue weighted by Gasteiger charge is 2.45. The molecule has 0 bridgehead atoms. The zero-order chi connectivity index (χ0) is 18.4. The van der Waals surface area contributed by atoms with Gasteiger partial charge < -0.3 is 14.9 Å². The van der Waals surface area contributed by atoms with Crippen molar-refractivity contribution in [2.24, 2.45) is 0 Å². The molecular formula is C17H29N5O2Si. The summed E-state index contributed by atoms with van der Waals surface area (Å²) in [5.41, 5.74) is 7.22. The van der Waals surface area contributed by atoms with Crippen LogP contribution in [-0.4, -0.2) is 40.0 Å². The number of hydrogen-bond donors (Lipinski definition) is 1. The third-order valence-electron chi connectivity index (χ3n) is 5.51. The lowest BCUT2D eigenvalue weighted by atomic mass is 10.1. The summed E-state index contributed by atoms with van der Waals surface area (Å²) in [5, 5.41) is 0.144. The molecular weight excluding hydrogens is 334 g/mol. The van der Waals surface area contributed by atoms with Crippen molar-refractivity contribution in [1.82, 2.24) is 19.5 Å². The van der Waals surface area contributed by atoms with Gasteiger partial charge in [-0.15, -0.1) is 0 Å². The second kappa shape index (κ2) is 6.33. The van der Waals surface area contributed by atoms with Crippen molar-refractivity contribution in [3.8, 4) is 0 Å². The summed E-state index contributed by atoms with van der Waals surface area (Å²) < 4.78 is 14.9. The quantitative estimate of drug-likeness (QED) is 0.837. The van der Waals surface area contributed by atoms with Crippen molar-refractivity contribution in [3.05, 3.63) is 12.7 Å². The number of nitrogens with two attached hydrogens (primary N) is 1. The molecule has 1 aliphatic rings. The average Bonchev–Trinajstić information content (AvgIpc) is 3.10. The van der Waals surface area contributed by atoms with Crippen LogP contribution in [0.25, 0.3) is 11.2 Å². The van der Waals surface area contributed by atoms with Gasteiger partial charge in [-0.25, -0.2) is 15.0 Å². The number of rotatable bonds is 4. The Morgan fingerprint density at radius 3 is 2.68 bits per heavy atom. The second-order valence-corrected chi connectivity index (χ2v) is 13.0. The molecule has 0 aromatic carbocycles. The number of anilines is 1. The Morgan fingerprint density at radius 2 is 2.04 bits per heavy atom. The van der Waals surface area contributed by atoms with Crippen LogP contribution in [0.3, 0.4) is 0 Å². The average molecular weight is 364 g/mol. The van der Waals surface area contributed by atoms with Crippen molar-refractivity contribution < 1.29 is 9.16 Å². The predicted octanol–water partition coefficient (Wildman–Crippen LogP) is 3.50. The summed E-state index contributed by atoms with van der Waals surface area (Å²) in [5.74, 6) is 0.385. The Kier molecular flexibility index (Phi) is 4.63. The highest BCUT2D eigenvalue weighted by Crippen LogP contribution is 2.42. The summed E-state index contributed by atoms with van der Waals surface area (Å²) in [6.07, 6.45) is 4.96. The van der Waals surface area contributed by atoms with Crippen LogP contribution in [0.4, 0.5) is 5.82 Å². The zero-order valence-electron chi connectivity index (χ0n) is 16.0. The molecule has 1 unspecified atom stereocenters. The van der Waals surface area contributed by atoms with Gasteiger partial charge >= 0.3 is 0 Å². The molecule has 2 aromatic heterocycles. The Labute approximate surface area is 150 Å². The third-order valence-corrected chi connectivity index (χ3v) is 10.0. The third kappa shape index (κ3) is 3.30. The minimum Gasteiger partial charge on any atom is -0.409 e. The predicted molar refractivity (Wildman–Crippen MR) is 101 cm³/mol. The van der Waals surface area contributed by atoms with E-state index in [1.807, 2.05) is 4.57 Å². The van der Waals surface area contributed by atoms with E-state index in [1.54, 1.807) is 6.33 Å². The standard InChI is InChI=1S/C17H29N5O2Si/c1-7-11-8-12(24-25(5,6)17(2,3)4)16(23-11)22-10-21-13-14(18)19-9-20-15(13)22/h9-12,16H,7-8H2,1-6H3,(H2,18,19,20)/t11-,12?,16-/m1/s1. The molecule has 0 aliphatic carbocycles. The van der Waals surface area contributed by atoms with Crippen molar-refractivity contribution in [1.29, 1.82) is 0 Å². The van der Waals surface area contributed by atoms with Crippen LogP contribution in [0.1, 0.15) is 46.8 Å². The van der Waals surface area contributed by atoms with Crippen molar-refractivity contribution >= 4 is 25.3 Å². The molecule has 0 spiro atoms.